The van der Waals surface area contributed by atoms with Gasteiger partial charge in [0, 0.05) is 11.8 Å². The van der Waals surface area contributed by atoms with E-state index in [2.05, 4.69) is 27.4 Å². The fraction of sp³-hybridized carbons (Fsp3) is 0.826. The monoisotopic (exact) mass is 344 g/mol. The molecule has 3 fully saturated rings. The molecule has 0 bridgehead atoms. The topological polar surface area (TPSA) is 34.1 Å². The number of fused-ring (bicyclic) bond motifs is 3. The third kappa shape index (κ3) is 2.84. The normalized spacial score (nSPS) is 43.0. The molecule has 0 amide bonds. The van der Waals surface area contributed by atoms with Gasteiger partial charge in [0.2, 0.25) is 0 Å². The number of hydrogen-bond acceptors (Lipinski definition) is 2. The van der Waals surface area contributed by atoms with Crippen LogP contribution in [0.25, 0.3) is 0 Å². The number of rotatable bonds is 4. The minimum absolute atomic E-state index is 0.135. The average Bonchev–Trinajstić information content (AvgIpc) is 2.52. The van der Waals surface area contributed by atoms with Gasteiger partial charge in [-0.2, -0.15) is 0 Å². The van der Waals surface area contributed by atoms with Crippen molar-refractivity contribution >= 4 is 12.1 Å². The van der Waals surface area contributed by atoms with E-state index in [1.54, 1.807) is 6.92 Å². The quantitative estimate of drug-likeness (QED) is 0.480. The second-order valence-electron chi connectivity index (χ2n) is 10.2. The summed E-state index contributed by atoms with van der Waals surface area (Å²) in [7, 11) is 0. The van der Waals surface area contributed by atoms with Gasteiger partial charge in [-0.3, -0.25) is 0 Å². The zero-order valence-corrected chi connectivity index (χ0v) is 16.7. The summed E-state index contributed by atoms with van der Waals surface area (Å²) in [5, 5.41) is 0. The van der Waals surface area contributed by atoms with Gasteiger partial charge >= 0.3 is 0 Å². The van der Waals surface area contributed by atoms with E-state index >= 15 is 0 Å². The molecule has 2 heteroatoms. The highest BCUT2D eigenvalue weighted by Gasteiger charge is 2.63. The third-order valence-corrected chi connectivity index (χ3v) is 8.49. The maximum atomic E-state index is 12.6. The molecule has 3 aliphatic carbocycles. The lowest BCUT2D eigenvalue weighted by molar-refractivity contribution is -0.169. The SMILES string of the molecule is C=C1CCC2C(C)(CCC3C(C)(C)CCCC32C=O)C1CCC(C)=O. The lowest BCUT2D eigenvalue weighted by atomic mass is 9.39. The molecule has 2 nitrogen and oxygen atoms in total. The van der Waals surface area contributed by atoms with Crippen molar-refractivity contribution in [3.8, 4) is 0 Å². The van der Waals surface area contributed by atoms with Crippen LogP contribution in [-0.2, 0) is 9.59 Å². The Balaban J connectivity index is 1.99. The van der Waals surface area contributed by atoms with Gasteiger partial charge in [-0.1, -0.05) is 39.3 Å². The maximum Gasteiger partial charge on any atom is 0.129 e. The molecule has 0 radical (unpaired) electrons. The predicted molar refractivity (Wildman–Crippen MR) is 102 cm³/mol. The maximum absolute atomic E-state index is 12.6. The molecular weight excluding hydrogens is 308 g/mol. The summed E-state index contributed by atoms with van der Waals surface area (Å²) in [6, 6.07) is 0. The first-order valence-electron chi connectivity index (χ1n) is 10.3. The minimum atomic E-state index is -0.149. The first kappa shape index (κ1) is 18.9. The van der Waals surface area contributed by atoms with Crippen LogP contribution in [0, 0.1) is 34.0 Å². The second-order valence-corrected chi connectivity index (χ2v) is 10.2. The van der Waals surface area contributed by atoms with Gasteiger partial charge in [0.15, 0.2) is 0 Å². The lowest BCUT2D eigenvalue weighted by Gasteiger charge is -2.65. The molecule has 0 aliphatic heterocycles. The van der Waals surface area contributed by atoms with Crippen molar-refractivity contribution in [1.82, 2.24) is 0 Å². The molecule has 3 rings (SSSR count). The molecule has 3 aliphatic rings. The van der Waals surface area contributed by atoms with Crippen LogP contribution in [0.4, 0.5) is 0 Å². The Morgan fingerprint density at radius 3 is 2.52 bits per heavy atom. The van der Waals surface area contributed by atoms with Crippen LogP contribution in [0.5, 0.6) is 0 Å². The van der Waals surface area contributed by atoms with Crippen molar-refractivity contribution in [2.75, 3.05) is 0 Å². The average molecular weight is 345 g/mol. The zero-order valence-electron chi connectivity index (χ0n) is 16.7. The van der Waals surface area contributed by atoms with E-state index in [0.717, 1.165) is 32.1 Å². The first-order chi connectivity index (χ1) is 11.7. The van der Waals surface area contributed by atoms with Crippen molar-refractivity contribution in [3.05, 3.63) is 12.2 Å². The summed E-state index contributed by atoms with van der Waals surface area (Å²) in [4.78, 5) is 24.2. The molecule has 0 spiro atoms. The summed E-state index contributed by atoms with van der Waals surface area (Å²) in [6.07, 6.45) is 10.9. The number of hydrogen-bond donors (Lipinski definition) is 0. The Morgan fingerprint density at radius 1 is 1.16 bits per heavy atom. The molecule has 0 aromatic heterocycles. The highest BCUT2D eigenvalue weighted by Crippen LogP contribution is 2.68. The number of aldehydes is 1. The highest BCUT2D eigenvalue weighted by atomic mass is 16.1. The second kappa shape index (κ2) is 6.35. The number of carbonyl (C=O) groups is 2. The van der Waals surface area contributed by atoms with Crippen LogP contribution in [0.3, 0.4) is 0 Å². The van der Waals surface area contributed by atoms with Crippen LogP contribution in [-0.4, -0.2) is 12.1 Å². The zero-order chi connectivity index (χ0) is 18.5. The van der Waals surface area contributed by atoms with Crippen molar-refractivity contribution in [2.45, 2.75) is 85.5 Å². The molecule has 0 aromatic rings. The van der Waals surface area contributed by atoms with Crippen LogP contribution in [0.15, 0.2) is 12.2 Å². The van der Waals surface area contributed by atoms with Gasteiger partial charge in [-0.25, -0.2) is 0 Å². The molecule has 25 heavy (non-hydrogen) atoms. The Labute approximate surface area is 153 Å². The molecule has 5 atom stereocenters. The summed E-state index contributed by atoms with van der Waals surface area (Å²) in [5.74, 6) is 1.65. The van der Waals surface area contributed by atoms with E-state index in [9.17, 15) is 9.59 Å². The molecule has 0 heterocycles. The van der Waals surface area contributed by atoms with Crippen molar-refractivity contribution in [3.63, 3.8) is 0 Å². The molecule has 5 unspecified atom stereocenters. The smallest absolute Gasteiger partial charge is 0.129 e. The summed E-state index contributed by atoms with van der Waals surface area (Å²) in [6.45, 7) is 13.3. The van der Waals surface area contributed by atoms with E-state index in [-0.39, 0.29) is 22.0 Å². The largest absolute Gasteiger partial charge is 0.303 e. The fourth-order valence-corrected chi connectivity index (χ4v) is 7.34. The Hall–Kier alpha value is -0.920. The highest BCUT2D eigenvalue weighted by molar-refractivity contribution is 5.75. The van der Waals surface area contributed by atoms with Crippen molar-refractivity contribution < 1.29 is 9.59 Å². The van der Waals surface area contributed by atoms with E-state index in [1.165, 1.54) is 31.1 Å². The standard InChI is InChI=1S/C23H36O2/c1-16-7-10-20-22(5,18(16)9-8-17(2)25)14-11-19-21(3,4)12-6-13-23(19,20)15-24/h15,18-20H,1,6-14H2,2-5H3. The van der Waals surface area contributed by atoms with E-state index < -0.39 is 0 Å². The van der Waals surface area contributed by atoms with Crippen LogP contribution in [0.2, 0.25) is 0 Å². The Morgan fingerprint density at radius 2 is 1.88 bits per heavy atom. The molecule has 0 aromatic carbocycles. The van der Waals surface area contributed by atoms with Gasteiger partial charge in [0.25, 0.3) is 0 Å². The Bertz CT molecular complexity index is 575. The summed E-state index contributed by atoms with van der Waals surface area (Å²) >= 11 is 0. The number of allylic oxidation sites excluding steroid dienone is 1. The molecule has 140 valence electrons. The van der Waals surface area contributed by atoms with Gasteiger partial charge in [-0.05, 0) is 80.5 Å². The number of Topliss-reactive ketones (excluding diaryl/α,β-unsaturated/α-hetero) is 1. The first-order valence-corrected chi connectivity index (χ1v) is 10.3. The number of ketones is 1. The number of carbonyl (C=O) groups excluding carboxylic acids is 2. The fourth-order valence-electron chi connectivity index (χ4n) is 7.34. The van der Waals surface area contributed by atoms with E-state index in [0.29, 0.717) is 24.2 Å². The van der Waals surface area contributed by atoms with Gasteiger partial charge in [-0.15, -0.1) is 0 Å². The van der Waals surface area contributed by atoms with Crippen LogP contribution in [0.1, 0.15) is 85.5 Å². The molecule has 0 N–H and O–H groups in total. The van der Waals surface area contributed by atoms with Crippen molar-refractivity contribution in [1.29, 1.82) is 0 Å². The van der Waals surface area contributed by atoms with E-state index in [4.69, 9.17) is 0 Å². The van der Waals surface area contributed by atoms with Gasteiger partial charge in [0.05, 0.1) is 0 Å². The van der Waals surface area contributed by atoms with Crippen molar-refractivity contribution in [2.24, 2.45) is 34.0 Å². The summed E-state index contributed by atoms with van der Waals surface area (Å²) < 4.78 is 0. The minimum Gasteiger partial charge on any atom is -0.303 e. The van der Waals surface area contributed by atoms with Crippen LogP contribution >= 0.6 is 0 Å². The van der Waals surface area contributed by atoms with Gasteiger partial charge in [0.1, 0.15) is 12.1 Å². The lowest BCUT2D eigenvalue weighted by Crippen LogP contribution is -2.60. The van der Waals surface area contributed by atoms with Gasteiger partial charge < -0.3 is 9.59 Å². The summed E-state index contributed by atoms with van der Waals surface area (Å²) in [5.41, 5.74) is 1.58. The van der Waals surface area contributed by atoms with Crippen LogP contribution < -0.4 is 0 Å². The molecular formula is C23H36O2. The third-order valence-electron chi connectivity index (χ3n) is 8.49. The molecule has 3 saturated carbocycles. The molecule has 0 saturated heterocycles. The van der Waals surface area contributed by atoms with E-state index in [1.807, 2.05) is 0 Å². The predicted octanol–water partition coefficient (Wildman–Crippen LogP) is 5.75. The Kier molecular flexibility index (Phi) is 4.79.